The second-order valence-electron chi connectivity index (χ2n) is 6.41. The minimum absolute atomic E-state index is 0. The number of aliphatic imine (C=N–C) groups is 1. The number of nitrogens with one attached hydrogen (secondary N) is 2. The minimum atomic E-state index is -0.0120. The SMILES string of the molecule is CN=C(NCCCc1nnc2ccccn12)NCC(C)Oc1ccc(Cl)cc1.I. The Morgan fingerprint density at radius 2 is 1.97 bits per heavy atom. The van der Waals surface area contributed by atoms with E-state index in [1.54, 1.807) is 7.05 Å². The highest BCUT2D eigenvalue weighted by atomic mass is 127. The van der Waals surface area contributed by atoms with Gasteiger partial charge in [0.05, 0.1) is 6.54 Å². The maximum atomic E-state index is 5.89. The Hall–Kier alpha value is -2.07. The van der Waals surface area contributed by atoms with Gasteiger partial charge in [-0.05, 0) is 49.7 Å². The number of ether oxygens (including phenoxy) is 1. The maximum Gasteiger partial charge on any atom is 0.191 e. The van der Waals surface area contributed by atoms with Crippen LogP contribution in [0.3, 0.4) is 0 Å². The number of benzene rings is 1. The van der Waals surface area contributed by atoms with Crippen LogP contribution in [0.15, 0.2) is 53.7 Å². The van der Waals surface area contributed by atoms with Gasteiger partial charge in [-0.15, -0.1) is 34.2 Å². The fraction of sp³-hybridized carbons (Fsp3) is 0.350. The Morgan fingerprint density at radius 1 is 1.17 bits per heavy atom. The molecule has 3 rings (SSSR count). The summed E-state index contributed by atoms with van der Waals surface area (Å²) in [5.41, 5.74) is 0.873. The number of guanidine groups is 1. The number of nitrogens with zero attached hydrogens (tertiary/aromatic N) is 4. The van der Waals surface area contributed by atoms with Gasteiger partial charge in [0.2, 0.25) is 0 Å². The molecule has 2 N–H and O–H groups in total. The molecule has 0 radical (unpaired) electrons. The van der Waals surface area contributed by atoms with Gasteiger partial charge in [-0.2, -0.15) is 0 Å². The maximum absolute atomic E-state index is 5.89. The Balaban J connectivity index is 0.00000300. The van der Waals surface area contributed by atoms with E-state index in [1.165, 1.54) is 0 Å². The van der Waals surface area contributed by atoms with E-state index in [1.807, 2.05) is 60.0 Å². The molecule has 0 aliphatic heterocycles. The van der Waals surface area contributed by atoms with E-state index in [4.69, 9.17) is 16.3 Å². The van der Waals surface area contributed by atoms with E-state index < -0.39 is 0 Å². The molecule has 7 nitrogen and oxygen atoms in total. The van der Waals surface area contributed by atoms with Crippen LogP contribution in [0, 0.1) is 0 Å². The van der Waals surface area contributed by atoms with E-state index in [0.717, 1.165) is 42.6 Å². The largest absolute Gasteiger partial charge is 0.489 e. The summed E-state index contributed by atoms with van der Waals surface area (Å²) in [4.78, 5) is 4.25. The highest BCUT2D eigenvalue weighted by Gasteiger charge is 2.07. The summed E-state index contributed by atoms with van der Waals surface area (Å²) in [6.45, 7) is 3.43. The Kier molecular flexibility index (Phi) is 9.46. The van der Waals surface area contributed by atoms with Gasteiger partial charge in [0.1, 0.15) is 17.7 Å². The van der Waals surface area contributed by atoms with Crippen molar-refractivity contribution >= 4 is 47.2 Å². The molecule has 1 aromatic carbocycles. The van der Waals surface area contributed by atoms with Gasteiger partial charge in [-0.1, -0.05) is 17.7 Å². The molecule has 0 saturated heterocycles. The normalized spacial score (nSPS) is 12.3. The third kappa shape index (κ3) is 7.04. The standard InChI is InChI=1S/C20H25ClN6O.HI/c1-15(28-17-10-8-16(21)9-11-17)14-24-20(22-2)23-12-5-7-19-26-25-18-6-3-4-13-27(18)19;/h3-4,6,8-11,13,15H,5,7,12,14H2,1-2H3,(H2,22,23,24);1H. The van der Waals surface area contributed by atoms with Crippen LogP contribution >= 0.6 is 35.6 Å². The molecule has 3 aromatic rings. The van der Waals surface area contributed by atoms with Crippen LogP contribution in [0.5, 0.6) is 5.75 Å². The molecule has 29 heavy (non-hydrogen) atoms. The molecule has 0 amide bonds. The topological polar surface area (TPSA) is 75.8 Å². The zero-order valence-electron chi connectivity index (χ0n) is 16.5. The smallest absolute Gasteiger partial charge is 0.191 e. The van der Waals surface area contributed by atoms with Crippen molar-refractivity contribution in [3.8, 4) is 5.75 Å². The van der Waals surface area contributed by atoms with Crippen molar-refractivity contribution in [3.63, 3.8) is 0 Å². The zero-order valence-corrected chi connectivity index (χ0v) is 19.6. The van der Waals surface area contributed by atoms with E-state index in [0.29, 0.717) is 11.6 Å². The van der Waals surface area contributed by atoms with Gasteiger partial charge in [-0.3, -0.25) is 9.39 Å². The number of halogens is 2. The van der Waals surface area contributed by atoms with Gasteiger partial charge in [0, 0.05) is 31.2 Å². The molecule has 2 aromatic heterocycles. The highest BCUT2D eigenvalue weighted by molar-refractivity contribution is 14.0. The molecule has 0 fully saturated rings. The number of aromatic nitrogens is 3. The summed E-state index contributed by atoms with van der Waals surface area (Å²) in [6.07, 6.45) is 3.74. The van der Waals surface area contributed by atoms with Gasteiger partial charge >= 0.3 is 0 Å². The highest BCUT2D eigenvalue weighted by Crippen LogP contribution is 2.16. The Bertz CT molecular complexity index is 915. The van der Waals surface area contributed by atoms with Crippen LogP contribution in [-0.2, 0) is 6.42 Å². The summed E-state index contributed by atoms with van der Waals surface area (Å²) in [6, 6.07) is 13.3. The van der Waals surface area contributed by atoms with Gasteiger partial charge in [0.25, 0.3) is 0 Å². The van der Waals surface area contributed by atoms with Crippen molar-refractivity contribution < 1.29 is 4.74 Å². The molecule has 0 spiro atoms. The van der Waals surface area contributed by atoms with Crippen molar-refractivity contribution in [2.45, 2.75) is 25.9 Å². The number of pyridine rings is 1. The van der Waals surface area contributed by atoms with Crippen LogP contribution < -0.4 is 15.4 Å². The lowest BCUT2D eigenvalue weighted by molar-refractivity contribution is 0.224. The molecule has 1 atom stereocenters. The van der Waals surface area contributed by atoms with Crippen molar-refractivity contribution in [1.29, 1.82) is 0 Å². The molecule has 0 aliphatic carbocycles. The Morgan fingerprint density at radius 3 is 2.72 bits per heavy atom. The van der Waals surface area contributed by atoms with Crippen molar-refractivity contribution in [3.05, 3.63) is 59.5 Å². The van der Waals surface area contributed by atoms with Crippen molar-refractivity contribution in [2.24, 2.45) is 4.99 Å². The third-order valence-electron chi connectivity index (χ3n) is 4.19. The molecule has 2 heterocycles. The summed E-state index contributed by atoms with van der Waals surface area (Å²) in [7, 11) is 1.76. The molecule has 0 bridgehead atoms. The summed E-state index contributed by atoms with van der Waals surface area (Å²) in [5, 5.41) is 15.7. The predicted molar refractivity (Wildman–Crippen MR) is 128 cm³/mol. The molecule has 0 saturated carbocycles. The Labute approximate surface area is 192 Å². The lowest BCUT2D eigenvalue weighted by Gasteiger charge is -2.17. The molecule has 156 valence electrons. The number of rotatable bonds is 8. The van der Waals surface area contributed by atoms with Gasteiger partial charge < -0.3 is 15.4 Å². The molecular weight excluding hydrogens is 503 g/mol. The average Bonchev–Trinajstić information content (AvgIpc) is 3.12. The first-order chi connectivity index (χ1) is 13.7. The van der Waals surface area contributed by atoms with Crippen LogP contribution in [0.2, 0.25) is 5.02 Å². The van der Waals surface area contributed by atoms with E-state index in [9.17, 15) is 0 Å². The van der Waals surface area contributed by atoms with E-state index in [2.05, 4.69) is 25.8 Å². The van der Waals surface area contributed by atoms with Crippen LogP contribution in [0.25, 0.3) is 5.65 Å². The van der Waals surface area contributed by atoms with Gasteiger partial charge in [0.15, 0.2) is 11.6 Å². The number of hydrogen-bond acceptors (Lipinski definition) is 4. The average molecular weight is 529 g/mol. The van der Waals surface area contributed by atoms with E-state index in [-0.39, 0.29) is 30.1 Å². The van der Waals surface area contributed by atoms with Crippen molar-refractivity contribution in [2.75, 3.05) is 20.1 Å². The lowest BCUT2D eigenvalue weighted by Crippen LogP contribution is -2.42. The second-order valence-corrected chi connectivity index (χ2v) is 6.85. The predicted octanol–water partition coefficient (Wildman–Crippen LogP) is 3.57. The summed E-state index contributed by atoms with van der Waals surface area (Å²) in [5.74, 6) is 2.50. The van der Waals surface area contributed by atoms with Crippen LogP contribution in [0.4, 0.5) is 0 Å². The minimum Gasteiger partial charge on any atom is -0.489 e. The quantitative estimate of drug-likeness (QED) is 0.202. The lowest BCUT2D eigenvalue weighted by atomic mass is 10.3. The number of aryl methyl sites for hydroxylation is 1. The molecule has 0 aliphatic rings. The first-order valence-corrected chi connectivity index (χ1v) is 9.69. The molecule has 1 unspecified atom stereocenters. The number of hydrogen-bond donors (Lipinski definition) is 2. The first-order valence-electron chi connectivity index (χ1n) is 9.31. The summed E-state index contributed by atoms with van der Waals surface area (Å²) < 4.78 is 7.87. The van der Waals surface area contributed by atoms with Crippen LogP contribution in [-0.4, -0.2) is 46.8 Å². The summed E-state index contributed by atoms with van der Waals surface area (Å²) >= 11 is 5.89. The fourth-order valence-corrected chi connectivity index (χ4v) is 2.89. The molecule has 9 heteroatoms. The molecular formula is C20H26ClIN6O. The van der Waals surface area contributed by atoms with Gasteiger partial charge in [-0.25, -0.2) is 0 Å². The van der Waals surface area contributed by atoms with Crippen molar-refractivity contribution in [1.82, 2.24) is 25.2 Å². The fourth-order valence-electron chi connectivity index (χ4n) is 2.76. The monoisotopic (exact) mass is 528 g/mol. The second kappa shape index (κ2) is 11.8. The van der Waals surface area contributed by atoms with E-state index >= 15 is 0 Å². The first kappa shape index (κ1) is 23.2. The number of fused-ring (bicyclic) bond motifs is 1. The third-order valence-corrected chi connectivity index (χ3v) is 4.44. The zero-order chi connectivity index (χ0) is 19.8. The van der Waals surface area contributed by atoms with Crippen LogP contribution in [0.1, 0.15) is 19.2 Å².